The van der Waals surface area contributed by atoms with Crippen LogP contribution in [0.25, 0.3) is 0 Å². The third-order valence-electron chi connectivity index (χ3n) is 1.86. The molecule has 0 spiro atoms. The van der Waals surface area contributed by atoms with E-state index >= 15 is 0 Å². The van der Waals surface area contributed by atoms with Gasteiger partial charge in [0.2, 0.25) is 0 Å². The zero-order valence-corrected chi connectivity index (χ0v) is 8.10. The van der Waals surface area contributed by atoms with Crippen LogP contribution in [0.15, 0.2) is 24.5 Å². The predicted molar refractivity (Wildman–Crippen MR) is 52.8 cm³/mol. The molecule has 0 amide bonds. The lowest BCUT2D eigenvalue weighted by molar-refractivity contribution is -0.137. The summed E-state index contributed by atoms with van der Waals surface area (Å²) in [7, 11) is 0. The maximum Gasteiger partial charge on any atom is 0.304 e. The van der Waals surface area contributed by atoms with E-state index in [9.17, 15) is 4.79 Å². The maximum atomic E-state index is 10.4. The SMILES string of the molecule is CC(CC(=O)O)NCc1cccnc1. The minimum Gasteiger partial charge on any atom is -0.481 e. The molecule has 0 saturated carbocycles. The number of hydrogen-bond donors (Lipinski definition) is 2. The van der Waals surface area contributed by atoms with Crippen LogP contribution in [0, 0.1) is 0 Å². The van der Waals surface area contributed by atoms with Crippen molar-refractivity contribution in [1.82, 2.24) is 10.3 Å². The highest BCUT2D eigenvalue weighted by Crippen LogP contribution is 1.97. The highest BCUT2D eigenvalue weighted by molar-refractivity contribution is 5.67. The topological polar surface area (TPSA) is 62.2 Å². The van der Waals surface area contributed by atoms with Gasteiger partial charge < -0.3 is 10.4 Å². The summed E-state index contributed by atoms with van der Waals surface area (Å²) in [5.41, 5.74) is 1.06. The van der Waals surface area contributed by atoms with Crippen LogP contribution in [0.1, 0.15) is 18.9 Å². The molecule has 1 atom stereocenters. The molecule has 1 aromatic heterocycles. The van der Waals surface area contributed by atoms with Crippen molar-refractivity contribution in [3.8, 4) is 0 Å². The largest absolute Gasteiger partial charge is 0.481 e. The van der Waals surface area contributed by atoms with E-state index in [4.69, 9.17) is 5.11 Å². The van der Waals surface area contributed by atoms with Crippen LogP contribution in [0.4, 0.5) is 0 Å². The van der Waals surface area contributed by atoms with Crippen LogP contribution in [0.3, 0.4) is 0 Å². The van der Waals surface area contributed by atoms with Crippen LogP contribution in [-0.4, -0.2) is 22.1 Å². The molecule has 0 fully saturated rings. The first-order valence-corrected chi connectivity index (χ1v) is 4.52. The molecule has 0 bridgehead atoms. The highest BCUT2D eigenvalue weighted by Gasteiger charge is 2.05. The van der Waals surface area contributed by atoms with Gasteiger partial charge in [0.25, 0.3) is 0 Å². The van der Waals surface area contributed by atoms with E-state index in [0.29, 0.717) is 6.54 Å². The fourth-order valence-electron chi connectivity index (χ4n) is 1.13. The van der Waals surface area contributed by atoms with E-state index in [0.717, 1.165) is 5.56 Å². The lowest BCUT2D eigenvalue weighted by Crippen LogP contribution is -2.27. The molecule has 0 aliphatic carbocycles. The minimum atomic E-state index is -0.781. The maximum absolute atomic E-state index is 10.4. The standard InChI is InChI=1S/C10H14N2O2/c1-8(5-10(13)14)12-7-9-3-2-4-11-6-9/h2-4,6,8,12H,5,7H2,1H3,(H,13,14). The fourth-order valence-corrected chi connectivity index (χ4v) is 1.13. The molecule has 14 heavy (non-hydrogen) atoms. The van der Waals surface area contributed by atoms with Crippen LogP contribution in [-0.2, 0) is 11.3 Å². The summed E-state index contributed by atoms with van der Waals surface area (Å²) in [5, 5.41) is 11.6. The molecule has 0 aromatic carbocycles. The Labute approximate surface area is 83.0 Å². The third-order valence-corrected chi connectivity index (χ3v) is 1.86. The summed E-state index contributed by atoms with van der Waals surface area (Å²) in [5.74, 6) is -0.781. The molecule has 4 nitrogen and oxygen atoms in total. The number of nitrogens with one attached hydrogen (secondary N) is 1. The van der Waals surface area contributed by atoms with Crippen LogP contribution in [0.5, 0.6) is 0 Å². The van der Waals surface area contributed by atoms with Crippen molar-refractivity contribution in [2.45, 2.75) is 25.9 Å². The van der Waals surface area contributed by atoms with Gasteiger partial charge in [0.15, 0.2) is 0 Å². The first-order valence-electron chi connectivity index (χ1n) is 4.52. The summed E-state index contributed by atoms with van der Waals surface area (Å²) in [6.45, 7) is 2.51. The molecule has 0 saturated heterocycles. The second-order valence-electron chi connectivity index (χ2n) is 3.24. The molecule has 0 aliphatic rings. The monoisotopic (exact) mass is 194 g/mol. The Hall–Kier alpha value is -1.42. The van der Waals surface area contributed by atoms with Gasteiger partial charge in [-0.2, -0.15) is 0 Å². The third kappa shape index (κ3) is 4.00. The second kappa shape index (κ2) is 5.34. The molecule has 0 radical (unpaired) electrons. The molecule has 76 valence electrons. The van der Waals surface area contributed by atoms with Crippen molar-refractivity contribution >= 4 is 5.97 Å². The Balaban J connectivity index is 2.30. The van der Waals surface area contributed by atoms with Crippen molar-refractivity contribution in [2.24, 2.45) is 0 Å². The quantitative estimate of drug-likeness (QED) is 0.735. The normalized spacial score (nSPS) is 12.4. The van der Waals surface area contributed by atoms with Crippen molar-refractivity contribution in [3.63, 3.8) is 0 Å². The van der Waals surface area contributed by atoms with Gasteiger partial charge in [0.1, 0.15) is 0 Å². The van der Waals surface area contributed by atoms with Crippen molar-refractivity contribution in [1.29, 1.82) is 0 Å². The minimum absolute atomic E-state index is 0.0206. The van der Waals surface area contributed by atoms with Gasteiger partial charge in [-0.15, -0.1) is 0 Å². The summed E-state index contributed by atoms with van der Waals surface area (Å²) >= 11 is 0. The Morgan fingerprint density at radius 3 is 3.07 bits per heavy atom. The number of hydrogen-bond acceptors (Lipinski definition) is 3. The molecular formula is C10H14N2O2. The summed E-state index contributed by atoms with van der Waals surface area (Å²) in [6.07, 6.45) is 3.62. The van der Waals surface area contributed by atoms with Crippen molar-refractivity contribution in [3.05, 3.63) is 30.1 Å². The summed E-state index contributed by atoms with van der Waals surface area (Å²) < 4.78 is 0. The number of carboxylic acid groups (broad SMARTS) is 1. The number of aromatic nitrogens is 1. The van der Waals surface area contributed by atoms with Gasteiger partial charge in [0.05, 0.1) is 6.42 Å². The Morgan fingerprint density at radius 2 is 2.50 bits per heavy atom. The van der Waals surface area contributed by atoms with Gasteiger partial charge in [-0.05, 0) is 18.6 Å². The molecular weight excluding hydrogens is 180 g/mol. The van der Waals surface area contributed by atoms with Gasteiger partial charge in [-0.25, -0.2) is 0 Å². The van der Waals surface area contributed by atoms with Crippen LogP contribution >= 0.6 is 0 Å². The molecule has 1 heterocycles. The van der Waals surface area contributed by atoms with Gasteiger partial charge in [0, 0.05) is 25.0 Å². The van der Waals surface area contributed by atoms with E-state index in [1.165, 1.54) is 0 Å². The lowest BCUT2D eigenvalue weighted by atomic mass is 10.2. The summed E-state index contributed by atoms with van der Waals surface area (Å²) in [4.78, 5) is 14.3. The van der Waals surface area contributed by atoms with Crippen molar-refractivity contribution < 1.29 is 9.90 Å². The van der Waals surface area contributed by atoms with Gasteiger partial charge in [-0.1, -0.05) is 6.07 Å². The number of rotatable bonds is 5. The average molecular weight is 194 g/mol. The number of nitrogens with zero attached hydrogens (tertiary/aromatic N) is 1. The predicted octanol–water partition coefficient (Wildman–Crippen LogP) is 1.03. The smallest absolute Gasteiger partial charge is 0.304 e. The van der Waals surface area contributed by atoms with Crippen LogP contribution in [0.2, 0.25) is 0 Å². The Bertz CT molecular complexity index is 287. The molecule has 2 N–H and O–H groups in total. The average Bonchev–Trinajstić information content (AvgIpc) is 2.15. The molecule has 1 aromatic rings. The number of aliphatic carboxylic acids is 1. The number of pyridine rings is 1. The summed E-state index contributed by atoms with van der Waals surface area (Å²) in [6, 6.07) is 3.79. The van der Waals surface area contributed by atoms with E-state index in [-0.39, 0.29) is 12.5 Å². The van der Waals surface area contributed by atoms with E-state index in [1.54, 1.807) is 12.4 Å². The molecule has 4 heteroatoms. The fraction of sp³-hybridized carbons (Fsp3) is 0.400. The molecule has 1 rings (SSSR count). The first kappa shape index (κ1) is 10.7. The van der Waals surface area contributed by atoms with E-state index in [2.05, 4.69) is 10.3 Å². The highest BCUT2D eigenvalue weighted by atomic mass is 16.4. The molecule has 1 unspecified atom stereocenters. The van der Waals surface area contributed by atoms with E-state index < -0.39 is 5.97 Å². The van der Waals surface area contributed by atoms with Crippen LogP contribution < -0.4 is 5.32 Å². The number of carbonyl (C=O) groups is 1. The van der Waals surface area contributed by atoms with Gasteiger partial charge >= 0.3 is 5.97 Å². The lowest BCUT2D eigenvalue weighted by Gasteiger charge is -2.10. The van der Waals surface area contributed by atoms with E-state index in [1.807, 2.05) is 19.1 Å². The first-order chi connectivity index (χ1) is 6.68. The second-order valence-corrected chi connectivity index (χ2v) is 3.24. The zero-order valence-electron chi connectivity index (χ0n) is 8.10. The Kier molecular flexibility index (Phi) is 4.07. The zero-order chi connectivity index (χ0) is 10.4. The number of carboxylic acids is 1. The molecule has 0 aliphatic heterocycles. The van der Waals surface area contributed by atoms with Crippen molar-refractivity contribution in [2.75, 3.05) is 0 Å². The van der Waals surface area contributed by atoms with Gasteiger partial charge in [-0.3, -0.25) is 9.78 Å². The Morgan fingerprint density at radius 1 is 1.71 bits per heavy atom.